The summed E-state index contributed by atoms with van der Waals surface area (Å²) in [5, 5.41) is 7.67. The van der Waals surface area contributed by atoms with Gasteiger partial charge in [0.05, 0.1) is 6.61 Å². The Labute approximate surface area is 327 Å². The molecule has 274 valence electrons. The third-order valence-electron chi connectivity index (χ3n) is 10.4. The zero-order chi connectivity index (χ0) is 38.7. The number of hydrogen-bond donors (Lipinski definition) is 0. The summed E-state index contributed by atoms with van der Waals surface area (Å²) >= 11 is 0. The van der Waals surface area contributed by atoms with Crippen LogP contribution in [0.25, 0.3) is 38.7 Å². The normalized spacial score (nSPS) is 12.0. The predicted octanol–water partition coefficient (Wildman–Crippen LogP) is 9.82. The number of esters is 1. The average Bonchev–Trinajstić information content (AvgIpc) is 3.26. The minimum absolute atomic E-state index is 0.270. The SMILES string of the molecule is CCOC(=O)/C=C/c1cccc2c(-c3c(P(=O)(c4ccccc4)c4ccccc4)ccc4c(C)cccc34)c(P(=O)(c3ccccc3)c3ccccc3)ccc12. The van der Waals surface area contributed by atoms with Crippen LogP contribution in [0.15, 0.2) is 188 Å². The predicted molar refractivity (Wildman–Crippen MR) is 236 cm³/mol. The average molecular weight is 767 g/mol. The standard InChI is InChI=1S/C50H40O4P2/c1-3-54-48(51)35-30-37-19-17-29-45-43(37)32-34-47(56(53,40-24-12-6-13-25-40)41-26-14-7-15-27-41)50(45)49-44-28-16-18-36(2)42(44)31-33-46(49)55(52,38-20-8-4-9-21-38)39-22-10-5-11-23-39/h4-35H,3H2,1-2H3/b35-30+. The van der Waals surface area contributed by atoms with E-state index < -0.39 is 20.3 Å². The third kappa shape index (κ3) is 6.46. The Hall–Kier alpha value is -6.05. The van der Waals surface area contributed by atoms with E-state index in [1.165, 1.54) is 6.08 Å². The van der Waals surface area contributed by atoms with Crippen molar-refractivity contribution in [3.8, 4) is 11.1 Å². The fourth-order valence-electron chi connectivity index (χ4n) is 7.82. The summed E-state index contributed by atoms with van der Waals surface area (Å²) in [6.45, 7) is 4.13. The molecule has 0 aliphatic rings. The van der Waals surface area contributed by atoms with Crippen molar-refractivity contribution < 1.29 is 18.7 Å². The van der Waals surface area contributed by atoms with Gasteiger partial charge in [-0.2, -0.15) is 0 Å². The molecule has 0 aromatic heterocycles. The second-order valence-corrected chi connectivity index (χ2v) is 19.1. The molecule has 0 heterocycles. The number of benzene rings is 8. The summed E-state index contributed by atoms with van der Waals surface area (Å²) in [7, 11) is -7.23. The number of aryl methyl sites for hydroxylation is 1. The molecule has 0 atom stereocenters. The van der Waals surface area contributed by atoms with E-state index in [1.54, 1.807) is 13.0 Å². The van der Waals surface area contributed by atoms with Crippen molar-refractivity contribution in [3.63, 3.8) is 0 Å². The Morgan fingerprint density at radius 3 is 1.34 bits per heavy atom. The fourth-order valence-corrected chi connectivity index (χ4v) is 13.6. The van der Waals surface area contributed by atoms with Crippen molar-refractivity contribution >= 4 is 79.7 Å². The van der Waals surface area contributed by atoms with Gasteiger partial charge in [-0.25, -0.2) is 4.79 Å². The van der Waals surface area contributed by atoms with E-state index in [1.807, 2.05) is 164 Å². The molecule has 6 heteroatoms. The lowest BCUT2D eigenvalue weighted by molar-refractivity contribution is -0.137. The molecule has 0 saturated heterocycles. The molecule has 0 N–H and O–H groups in total. The molecule has 0 spiro atoms. The number of carbonyl (C=O) groups is 1. The van der Waals surface area contributed by atoms with Gasteiger partial charge in [-0.15, -0.1) is 0 Å². The van der Waals surface area contributed by atoms with Crippen LogP contribution < -0.4 is 31.8 Å². The molecule has 0 amide bonds. The molecule has 8 aromatic rings. The second kappa shape index (κ2) is 15.6. The number of hydrogen-bond acceptors (Lipinski definition) is 4. The van der Waals surface area contributed by atoms with Gasteiger partial charge in [0.15, 0.2) is 14.3 Å². The summed E-state index contributed by atoms with van der Waals surface area (Å²) < 4.78 is 38.4. The molecule has 0 radical (unpaired) electrons. The van der Waals surface area contributed by atoms with Crippen LogP contribution in [-0.2, 0) is 18.7 Å². The van der Waals surface area contributed by atoms with Gasteiger partial charge in [0.25, 0.3) is 0 Å². The summed E-state index contributed by atoms with van der Waals surface area (Å²) in [5.41, 5.74) is 3.37. The summed E-state index contributed by atoms with van der Waals surface area (Å²) in [6.07, 6.45) is 3.21. The van der Waals surface area contributed by atoms with Crippen LogP contribution >= 0.6 is 14.3 Å². The molecular weight excluding hydrogens is 726 g/mol. The van der Waals surface area contributed by atoms with Gasteiger partial charge in [0.2, 0.25) is 0 Å². The van der Waals surface area contributed by atoms with Crippen molar-refractivity contribution in [2.24, 2.45) is 0 Å². The van der Waals surface area contributed by atoms with Gasteiger partial charge in [0.1, 0.15) is 0 Å². The van der Waals surface area contributed by atoms with E-state index in [9.17, 15) is 4.79 Å². The first-order valence-corrected chi connectivity index (χ1v) is 22.1. The van der Waals surface area contributed by atoms with E-state index in [0.29, 0.717) is 31.8 Å². The first-order valence-electron chi connectivity index (χ1n) is 18.7. The molecule has 0 saturated carbocycles. The van der Waals surface area contributed by atoms with E-state index in [4.69, 9.17) is 4.74 Å². The van der Waals surface area contributed by atoms with Crippen LogP contribution in [-0.4, -0.2) is 12.6 Å². The molecule has 8 rings (SSSR count). The van der Waals surface area contributed by atoms with Crippen molar-refractivity contribution in [2.75, 3.05) is 6.61 Å². The minimum atomic E-state index is -3.63. The van der Waals surface area contributed by atoms with Gasteiger partial charge in [-0.05, 0) is 64.7 Å². The molecule has 0 bridgehead atoms. The van der Waals surface area contributed by atoms with Gasteiger partial charge in [-0.1, -0.05) is 170 Å². The van der Waals surface area contributed by atoms with Gasteiger partial charge in [0, 0.05) is 49.0 Å². The maximum absolute atomic E-state index is 16.6. The number of ether oxygens (including phenoxy) is 1. The molecule has 0 aliphatic heterocycles. The first-order chi connectivity index (χ1) is 27.4. The summed E-state index contributed by atoms with van der Waals surface area (Å²) in [4.78, 5) is 12.6. The highest BCUT2D eigenvalue weighted by Crippen LogP contribution is 2.52. The van der Waals surface area contributed by atoms with Crippen LogP contribution in [0.3, 0.4) is 0 Å². The van der Waals surface area contributed by atoms with Crippen molar-refractivity contribution in [1.82, 2.24) is 0 Å². The Bertz CT molecular complexity index is 2750. The Morgan fingerprint density at radius 2 is 0.893 bits per heavy atom. The van der Waals surface area contributed by atoms with Gasteiger partial charge >= 0.3 is 5.97 Å². The molecule has 0 fully saturated rings. The number of fused-ring (bicyclic) bond motifs is 2. The van der Waals surface area contributed by atoms with E-state index in [2.05, 4.69) is 25.1 Å². The monoisotopic (exact) mass is 766 g/mol. The van der Waals surface area contributed by atoms with Gasteiger partial charge in [-0.3, -0.25) is 0 Å². The topological polar surface area (TPSA) is 60.4 Å². The summed E-state index contributed by atoms with van der Waals surface area (Å²) in [5.74, 6) is -0.433. The fraction of sp³-hybridized carbons (Fsp3) is 0.0600. The Kier molecular flexibility index (Phi) is 10.3. The quantitative estimate of drug-likeness (QED) is 0.0791. The highest BCUT2D eigenvalue weighted by Gasteiger charge is 2.38. The maximum atomic E-state index is 16.6. The molecule has 4 nitrogen and oxygen atoms in total. The Balaban J connectivity index is 1.60. The summed E-state index contributed by atoms with van der Waals surface area (Å²) in [6, 6.07) is 59.0. The number of carbonyl (C=O) groups excluding carboxylic acids is 1. The zero-order valence-corrected chi connectivity index (χ0v) is 33.0. The highest BCUT2D eigenvalue weighted by molar-refractivity contribution is 7.86. The molecule has 8 aromatic carbocycles. The molecule has 56 heavy (non-hydrogen) atoms. The smallest absolute Gasteiger partial charge is 0.330 e. The van der Waals surface area contributed by atoms with Crippen LogP contribution in [0, 0.1) is 6.92 Å². The molecule has 0 unspecified atom stereocenters. The zero-order valence-electron chi connectivity index (χ0n) is 31.2. The molecular formula is C50H40O4P2. The van der Waals surface area contributed by atoms with Crippen LogP contribution in [0.5, 0.6) is 0 Å². The van der Waals surface area contributed by atoms with Crippen molar-refractivity contribution in [3.05, 3.63) is 199 Å². The van der Waals surface area contributed by atoms with E-state index in [0.717, 1.165) is 43.8 Å². The molecule has 0 aliphatic carbocycles. The minimum Gasteiger partial charge on any atom is -0.463 e. The highest BCUT2D eigenvalue weighted by atomic mass is 31.2. The van der Waals surface area contributed by atoms with Crippen LogP contribution in [0.4, 0.5) is 0 Å². The largest absolute Gasteiger partial charge is 0.463 e. The lowest BCUT2D eigenvalue weighted by Crippen LogP contribution is -2.30. The first kappa shape index (κ1) is 36.9. The lowest BCUT2D eigenvalue weighted by atomic mass is 9.91. The lowest BCUT2D eigenvalue weighted by Gasteiger charge is -2.29. The van der Waals surface area contributed by atoms with E-state index >= 15 is 9.13 Å². The maximum Gasteiger partial charge on any atom is 0.330 e. The van der Waals surface area contributed by atoms with Crippen LogP contribution in [0.2, 0.25) is 0 Å². The third-order valence-corrected chi connectivity index (χ3v) is 16.6. The van der Waals surface area contributed by atoms with Crippen molar-refractivity contribution in [1.29, 1.82) is 0 Å². The van der Waals surface area contributed by atoms with Crippen molar-refractivity contribution in [2.45, 2.75) is 13.8 Å². The van der Waals surface area contributed by atoms with Crippen LogP contribution in [0.1, 0.15) is 18.1 Å². The van der Waals surface area contributed by atoms with Gasteiger partial charge < -0.3 is 13.9 Å². The number of rotatable bonds is 10. The van der Waals surface area contributed by atoms with E-state index in [-0.39, 0.29) is 6.61 Å². The Morgan fingerprint density at radius 1 is 0.482 bits per heavy atom. The second-order valence-electron chi connectivity index (χ2n) is 13.7.